The van der Waals surface area contributed by atoms with E-state index in [2.05, 4.69) is 10.6 Å². The summed E-state index contributed by atoms with van der Waals surface area (Å²) in [5.41, 5.74) is 2.50. The second-order valence-electron chi connectivity index (χ2n) is 5.92. The first-order valence-corrected chi connectivity index (χ1v) is 7.61. The van der Waals surface area contributed by atoms with Crippen molar-refractivity contribution < 1.29 is 9.59 Å². The van der Waals surface area contributed by atoms with Crippen molar-refractivity contribution in [1.82, 2.24) is 4.90 Å². The van der Waals surface area contributed by atoms with Gasteiger partial charge in [0.2, 0.25) is 5.91 Å². The zero-order valence-corrected chi connectivity index (χ0v) is 12.3. The van der Waals surface area contributed by atoms with Crippen LogP contribution >= 0.6 is 0 Å². The maximum Gasteiger partial charge on any atom is 0.321 e. The Morgan fingerprint density at radius 3 is 2.52 bits per heavy atom. The van der Waals surface area contributed by atoms with Crippen molar-refractivity contribution in [2.24, 2.45) is 5.92 Å². The molecule has 2 aliphatic rings. The van der Waals surface area contributed by atoms with Gasteiger partial charge in [-0.1, -0.05) is 6.07 Å². The van der Waals surface area contributed by atoms with Crippen molar-refractivity contribution in [1.29, 1.82) is 0 Å². The molecule has 1 aliphatic heterocycles. The normalized spacial score (nSPS) is 17.7. The second kappa shape index (κ2) is 5.76. The molecule has 1 aliphatic carbocycles. The van der Waals surface area contributed by atoms with E-state index in [0.717, 1.165) is 55.7 Å². The molecule has 0 bridgehead atoms. The second-order valence-corrected chi connectivity index (χ2v) is 5.92. The molecule has 1 saturated heterocycles. The molecule has 2 N–H and O–H groups in total. The van der Waals surface area contributed by atoms with E-state index in [4.69, 9.17) is 0 Å². The number of rotatable bonds is 3. The number of carbonyl (C=O) groups is 2. The number of nitrogens with zero attached hydrogens (tertiary/aromatic N) is 1. The van der Waals surface area contributed by atoms with Gasteiger partial charge < -0.3 is 15.5 Å². The molecule has 0 spiro atoms. The molecule has 0 radical (unpaired) electrons. The van der Waals surface area contributed by atoms with Crippen LogP contribution in [0, 0.1) is 12.8 Å². The molecule has 21 heavy (non-hydrogen) atoms. The van der Waals surface area contributed by atoms with Crippen LogP contribution in [-0.4, -0.2) is 29.9 Å². The number of likely N-dealkylation sites (tertiary alicyclic amines) is 1. The van der Waals surface area contributed by atoms with E-state index in [-0.39, 0.29) is 17.9 Å². The Morgan fingerprint density at radius 2 is 1.86 bits per heavy atom. The number of amides is 3. The molecule has 112 valence electrons. The molecular formula is C16H21N3O2. The summed E-state index contributed by atoms with van der Waals surface area (Å²) in [6.07, 6.45) is 4.11. The van der Waals surface area contributed by atoms with Gasteiger partial charge in [0.15, 0.2) is 0 Å². The summed E-state index contributed by atoms with van der Waals surface area (Å²) < 4.78 is 0. The number of hydrogen-bond acceptors (Lipinski definition) is 2. The maximum atomic E-state index is 12.1. The molecule has 2 fully saturated rings. The lowest BCUT2D eigenvalue weighted by Gasteiger charge is -2.18. The van der Waals surface area contributed by atoms with E-state index in [9.17, 15) is 9.59 Å². The first-order chi connectivity index (χ1) is 10.1. The first kappa shape index (κ1) is 13.9. The Balaban J connectivity index is 1.68. The van der Waals surface area contributed by atoms with Crippen molar-refractivity contribution in [3.63, 3.8) is 0 Å². The van der Waals surface area contributed by atoms with Gasteiger partial charge in [-0.05, 0) is 50.3 Å². The average molecular weight is 287 g/mol. The number of benzene rings is 1. The summed E-state index contributed by atoms with van der Waals surface area (Å²) in [5.74, 6) is 0.254. The van der Waals surface area contributed by atoms with Crippen LogP contribution < -0.4 is 10.6 Å². The summed E-state index contributed by atoms with van der Waals surface area (Å²) in [6.45, 7) is 3.60. The monoisotopic (exact) mass is 287 g/mol. The Labute approximate surface area is 124 Å². The highest BCUT2D eigenvalue weighted by atomic mass is 16.2. The largest absolute Gasteiger partial charge is 0.326 e. The molecule has 3 rings (SSSR count). The lowest BCUT2D eigenvalue weighted by Crippen LogP contribution is -2.32. The minimum atomic E-state index is -0.0544. The van der Waals surface area contributed by atoms with E-state index in [0.29, 0.717) is 0 Å². The summed E-state index contributed by atoms with van der Waals surface area (Å²) in [5, 5.41) is 5.86. The number of carbonyl (C=O) groups excluding carboxylic acids is 2. The quantitative estimate of drug-likeness (QED) is 0.897. The fourth-order valence-corrected chi connectivity index (χ4v) is 2.54. The van der Waals surface area contributed by atoms with Crippen LogP contribution in [0.2, 0.25) is 0 Å². The van der Waals surface area contributed by atoms with E-state index >= 15 is 0 Å². The standard InChI is InChI=1S/C16H21N3O2/c1-11-4-7-13(17-15(20)12-5-6-12)10-14(11)18-16(21)19-8-2-3-9-19/h4,7,10,12H,2-3,5-6,8-9H2,1H3,(H,17,20)(H,18,21). The van der Waals surface area contributed by atoms with E-state index < -0.39 is 0 Å². The number of anilines is 2. The number of hydrogen-bond donors (Lipinski definition) is 2. The molecule has 3 amide bonds. The highest BCUT2D eigenvalue weighted by Crippen LogP contribution is 2.30. The topological polar surface area (TPSA) is 61.4 Å². The molecular weight excluding hydrogens is 266 g/mol. The highest BCUT2D eigenvalue weighted by Gasteiger charge is 2.29. The Kier molecular flexibility index (Phi) is 3.82. The van der Waals surface area contributed by atoms with Crippen LogP contribution in [0.3, 0.4) is 0 Å². The van der Waals surface area contributed by atoms with Gasteiger partial charge in [0.25, 0.3) is 0 Å². The van der Waals surface area contributed by atoms with E-state index in [1.807, 2.05) is 30.0 Å². The summed E-state index contributed by atoms with van der Waals surface area (Å²) in [4.78, 5) is 25.8. The molecule has 1 saturated carbocycles. The Hall–Kier alpha value is -2.04. The highest BCUT2D eigenvalue weighted by molar-refractivity contribution is 5.96. The number of nitrogens with one attached hydrogen (secondary N) is 2. The van der Waals surface area contributed by atoms with Gasteiger partial charge in [-0.15, -0.1) is 0 Å². The minimum absolute atomic E-state index is 0.0544. The van der Waals surface area contributed by atoms with Crippen LogP contribution in [0.5, 0.6) is 0 Å². The average Bonchev–Trinajstić information content (AvgIpc) is 3.17. The van der Waals surface area contributed by atoms with Gasteiger partial charge in [0, 0.05) is 30.4 Å². The van der Waals surface area contributed by atoms with Crippen molar-refractivity contribution in [3.8, 4) is 0 Å². The Morgan fingerprint density at radius 1 is 1.14 bits per heavy atom. The van der Waals surface area contributed by atoms with Gasteiger partial charge in [-0.3, -0.25) is 4.79 Å². The van der Waals surface area contributed by atoms with Gasteiger partial charge in [-0.2, -0.15) is 0 Å². The van der Waals surface area contributed by atoms with Crippen molar-refractivity contribution >= 4 is 23.3 Å². The fraction of sp³-hybridized carbons (Fsp3) is 0.500. The van der Waals surface area contributed by atoms with Crippen LogP contribution in [-0.2, 0) is 4.79 Å². The van der Waals surface area contributed by atoms with Crippen molar-refractivity contribution in [2.75, 3.05) is 23.7 Å². The van der Waals surface area contributed by atoms with E-state index in [1.54, 1.807) is 0 Å². The molecule has 1 heterocycles. The number of urea groups is 1. The van der Waals surface area contributed by atoms with Crippen LogP contribution in [0.25, 0.3) is 0 Å². The van der Waals surface area contributed by atoms with Gasteiger partial charge in [0.1, 0.15) is 0 Å². The molecule has 0 aromatic heterocycles. The SMILES string of the molecule is Cc1ccc(NC(=O)C2CC2)cc1NC(=O)N1CCCC1. The van der Waals surface area contributed by atoms with Crippen molar-refractivity contribution in [3.05, 3.63) is 23.8 Å². The van der Waals surface area contributed by atoms with Crippen LogP contribution in [0.15, 0.2) is 18.2 Å². The molecule has 0 atom stereocenters. The predicted octanol–water partition coefficient (Wildman–Crippen LogP) is 2.97. The fourth-order valence-electron chi connectivity index (χ4n) is 2.54. The van der Waals surface area contributed by atoms with Gasteiger partial charge in [0.05, 0.1) is 0 Å². The molecule has 1 aromatic rings. The zero-order chi connectivity index (χ0) is 14.8. The zero-order valence-electron chi connectivity index (χ0n) is 12.3. The first-order valence-electron chi connectivity index (χ1n) is 7.61. The van der Waals surface area contributed by atoms with Crippen LogP contribution in [0.4, 0.5) is 16.2 Å². The third-order valence-corrected chi connectivity index (χ3v) is 4.09. The third kappa shape index (κ3) is 3.35. The van der Waals surface area contributed by atoms with Crippen LogP contribution in [0.1, 0.15) is 31.2 Å². The Bertz CT molecular complexity index is 561. The van der Waals surface area contributed by atoms with Crippen molar-refractivity contribution in [2.45, 2.75) is 32.6 Å². The molecule has 1 aromatic carbocycles. The van der Waals surface area contributed by atoms with Gasteiger partial charge in [-0.25, -0.2) is 4.79 Å². The third-order valence-electron chi connectivity index (χ3n) is 4.09. The predicted molar refractivity (Wildman–Crippen MR) is 82.4 cm³/mol. The summed E-state index contributed by atoms with van der Waals surface area (Å²) >= 11 is 0. The molecule has 5 nitrogen and oxygen atoms in total. The number of aryl methyl sites for hydroxylation is 1. The minimum Gasteiger partial charge on any atom is -0.326 e. The summed E-state index contributed by atoms with van der Waals surface area (Å²) in [7, 11) is 0. The summed E-state index contributed by atoms with van der Waals surface area (Å²) in [6, 6.07) is 5.58. The smallest absolute Gasteiger partial charge is 0.321 e. The molecule has 5 heteroatoms. The van der Waals surface area contributed by atoms with E-state index in [1.165, 1.54) is 0 Å². The lowest BCUT2D eigenvalue weighted by atomic mass is 10.1. The lowest BCUT2D eigenvalue weighted by molar-refractivity contribution is -0.117. The molecule has 0 unspecified atom stereocenters. The maximum absolute atomic E-state index is 12.1. The van der Waals surface area contributed by atoms with Gasteiger partial charge >= 0.3 is 6.03 Å².